The first kappa shape index (κ1) is 19.7. The van der Waals surface area contributed by atoms with E-state index in [1.807, 2.05) is 0 Å². The fourth-order valence-corrected chi connectivity index (χ4v) is 2.69. The van der Waals surface area contributed by atoms with Crippen LogP contribution in [0.25, 0.3) is 0 Å². The average Bonchev–Trinajstić information content (AvgIpc) is 2.65. The molecule has 2 rings (SSSR count). The van der Waals surface area contributed by atoms with Crippen molar-refractivity contribution in [3.63, 3.8) is 0 Å². The lowest BCUT2D eigenvalue weighted by atomic mass is 10.1. The Kier molecular flexibility index (Phi) is 7.38. The van der Waals surface area contributed by atoms with E-state index in [4.69, 9.17) is 0 Å². The van der Waals surface area contributed by atoms with E-state index in [9.17, 15) is 4.79 Å². The van der Waals surface area contributed by atoms with Crippen molar-refractivity contribution in [2.45, 2.75) is 40.5 Å². The van der Waals surface area contributed by atoms with Gasteiger partial charge in [-0.1, -0.05) is 13.3 Å². The highest BCUT2D eigenvalue weighted by Crippen LogP contribution is 2.24. The molecule has 0 aliphatic heterocycles. The Morgan fingerprint density at radius 2 is 1.88 bits per heavy atom. The number of rotatable bonds is 9. The van der Waals surface area contributed by atoms with Crippen molar-refractivity contribution in [1.29, 1.82) is 0 Å². The van der Waals surface area contributed by atoms with Gasteiger partial charge < -0.3 is 15.5 Å². The molecule has 1 amide bonds. The number of aryl methyl sites for hydroxylation is 1. The van der Waals surface area contributed by atoms with Crippen molar-refractivity contribution >= 4 is 23.1 Å². The fraction of sp³-hybridized carbons (Fsp3) is 0.450. The first-order valence-electron chi connectivity index (χ1n) is 9.31. The number of hydrogen-bond donors (Lipinski definition) is 2. The molecule has 1 aromatic heterocycles. The van der Waals surface area contributed by atoms with Crippen molar-refractivity contribution in [1.82, 2.24) is 15.3 Å². The SMILES string of the molecule is CCCCNC(=O)c1cnc(Nc2ccc(N(CC)CC)cc2C)cn1. The molecule has 26 heavy (non-hydrogen) atoms. The predicted octanol–water partition coefficient (Wildman–Crippen LogP) is 3.90. The summed E-state index contributed by atoms with van der Waals surface area (Å²) in [5.41, 5.74) is 3.66. The van der Waals surface area contributed by atoms with Gasteiger partial charge in [-0.05, 0) is 51.0 Å². The molecule has 0 saturated heterocycles. The highest BCUT2D eigenvalue weighted by atomic mass is 16.1. The van der Waals surface area contributed by atoms with Crippen molar-refractivity contribution in [2.75, 3.05) is 29.9 Å². The standard InChI is InChI=1S/C20H29N5O/c1-5-8-11-21-20(26)18-13-23-19(14-22-18)24-17-10-9-16(12-15(17)4)25(6-2)7-3/h9-10,12-14H,5-8,11H2,1-4H3,(H,21,26)(H,23,24). The molecule has 6 heteroatoms. The fourth-order valence-electron chi connectivity index (χ4n) is 2.69. The van der Waals surface area contributed by atoms with Crippen molar-refractivity contribution < 1.29 is 4.79 Å². The summed E-state index contributed by atoms with van der Waals surface area (Å²) in [5, 5.41) is 6.11. The van der Waals surface area contributed by atoms with Crippen LogP contribution in [0.5, 0.6) is 0 Å². The lowest BCUT2D eigenvalue weighted by Crippen LogP contribution is -2.25. The zero-order valence-corrected chi connectivity index (χ0v) is 16.2. The lowest BCUT2D eigenvalue weighted by molar-refractivity contribution is 0.0948. The smallest absolute Gasteiger partial charge is 0.271 e. The van der Waals surface area contributed by atoms with Gasteiger partial charge in [0.25, 0.3) is 5.91 Å². The zero-order valence-electron chi connectivity index (χ0n) is 16.2. The van der Waals surface area contributed by atoms with Gasteiger partial charge in [0, 0.05) is 31.0 Å². The number of nitrogens with one attached hydrogen (secondary N) is 2. The van der Waals surface area contributed by atoms with Crippen molar-refractivity contribution in [2.24, 2.45) is 0 Å². The van der Waals surface area contributed by atoms with Crippen LogP contribution in [0.3, 0.4) is 0 Å². The van der Waals surface area contributed by atoms with Crippen molar-refractivity contribution in [3.05, 3.63) is 41.9 Å². The molecule has 0 fully saturated rings. The molecule has 0 radical (unpaired) electrons. The summed E-state index contributed by atoms with van der Waals surface area (Å²) in [6.07, 6.45) is 5.10. The highest BCUT2D eigenvalue weighted by Gasteiger charge is 2.09. The molecule has 1 aromatic carbocycles. The summed E-state index contributed by atoms with van der Waals surface area (Å²) in [5.74, 6) is 0.436. The van der Waals surface area contributed by atoms with Crippen LogP contribution in [-0.4, -0.2) is 35.5 Å². The molecule has 0 atom stereocenters. The Hall–Kier alpha value is -2.63. The molecule has 0 bridgehead atoms. The molecule has 2 N–H and O–H groups in total. The Morgan fingerprint density at radius 3 is 2.46 bits per heavy atom. The first-order valence-corrected chi connectivity index (χ1v) is 9.31. The van der Waals surface area contributed by atoms with E-state index < -0.39 is 0 Å². The Bertz CT molecular complexity index is 711. The van der Waals surface area contributed by atoms with E-state index in [0.717, 1.165) is 37.2 Å². The zero-order chi connectivity index (χ0) is 18.9. The maximum atomic E-state index is 12.0. The monoisotopic (exact) mass is 355 g/mol. The second-order valence-electron chi connectivity index (χ2n) is 6.19. The highest BCUT2D eigenvalue weighted by molar-refractivity contribution is 5.92. The minimum Gasteiger partial charge on any atom is -0.372 e. The molecule has 0 aliphatic rings. The van der Waals surface area contributed by atoms with Crippen LogP contribution < -0.4 is 15.5 Å². The number of carbonyl (C=O) groups excluding carboxylic acids is 1. The summed E-state index contributed by atoms with van der Waals surface area (Å²) in [7, 11) is 0. The number of benzene rings is 1. The Balaban J connectivity index is 2.03. The van der Waals surface area contributed by atoms with E-state index in [1.165, 1.54) is 11.9 Å². The van der Waals surface area contributed by atoms with E-state index in [1.54, 1.807) is 6.20 Å². The molecule has 0 saturated carbocycles. The molecule has 0 aliphatic carbocycles. The molecule has 140 valence electrons. The minimum atomic E-state index is -0.183. The maximum Gasteiger partial charge on any atom is 0.271 e. The average molecular weight is 355 g/mol. The number of carbonyl (C=O) groups is 1. The molecular weight excluding hydrogens is 326 g/mol. The van der Waals surface area contributed by atoms with Crippen LogP contribution in [0, 0.1) is 6.92 Å². The van der Waals surface area contributed by atoms with Gasteiger partial charge in [0.2, 0.25) is 0 Å². The van der Waals surface area contributed by atoms with Crippen LogP contribution in [0.15, 0.2) is 30.6 Å². The summed E-state index contributed by atoms with van der Waals surface area (Å²) < 4.78 is 0. The Labute approximate surface area is 156 Å². The van der Waals surface area contributed by atoms with E-state index >= 15 is 0 Å². The van der Waals surface area contributed by atoms with Gasteiger partial charge in [-0.15, -0.1) is 0 Å². The third-order valence-corrected chi connectivity index (χ3v) is 4.30. The summed E-state index contributed by atoms with van der Waals surface area (Å²) >= 11 is 0. The van der Waals surface area contributed by atoms with Crippen LogP contribution in [0.4, 0.5) is 17.2 Å². The quantitative estimate of drug-likeness (QED) is 0.668. The topological polar surface area (TPSA) is 70.2 Å². The van der Waals surface area contributed by atoms with Gasteiger partial charge in [0.15, 0.2) is 0 Å². The van der Waals surface area contributed by atoms with Gasteiger partial charge in [-0.3, -0.25) is 4.79 Å². The summed E-state index contributed by atoms with van der Waals surface area (Å²) in [6, 6.07) is 6.32. The number of amides is 1. The molecule has 0 spiro atoms. The van der Waals surface area contributed by atoms with Gasteiger partial charge in [-0.25, -0.2) is 9.97 Å². The molecule has 2 aromatic rings. The molecular formula is C20H29N5O. The molecule has 0 unspecified atom stereocenters. The summed E-state index contributed by atoms with van der Waals surface area (Å²) in [4.78, 5) is 22.8. The largest absolute Gasteiger partial charge is 0.372 e. The number of unbranched alkanes of at least 4 members (excludes halogenated alkanes) is 1. The van der Waals surface area contributed by atoms with Gasteiger partial charge in [0.05, 0.1) is 12.4 Å². The Morgan fingerprint density at radius 1 is 1.12 bits per heavy atom. The third kappa shape index (κ3) is 5.18. The van der Waals surface area contributed by atoms with Crippen LogP contribution in [-0.2, 0) is 0 Å². The number of anilines is 3. The van der Waals surface area contributed by atoms with Crippen LogP contribution in [0.1, 0.15) is 49.7 Å². The normalized spacial score (nSPS) is 10.5. The summed E-state index contributed by atoms with van der Waals surface area (Å²) in [6.45, 7) is 11.1. The number of nitrogens with zero attached hydrogens (tertiary/aromatic N) is 3. The molecule has 1 heterocycles. The number of aromatic nitrogens is 2. The minimum absolute atomic E-state index is 0.183. The van der Waals surface area contributed by atoms with Crippen LogP contribution in [0.2, 0.25) is 0 Å². The molecule has 6 nitrogen and oxygen atoms in total. The van der Waals surface area contributed by atoms with E-state index in [-0.39, 0.29) is 5.91 Å². The van der Waals surface area contributed by atoms with E-state index in [0.29, 0.717) is 18.1 Å². The van der Waals surface area contributed by atoms with E-state index in [2.05, 4.69) is 71.4 Å². The first-order chi connectivity index (χ1) is 12.6. The van der Waals surface area contributed by atoms with Crippen LogP contribution >= 0.6 is 0 Å². The van der Waals surface area contributed by atoms with Gasteiger partial charge in [-0.2, -0.15) is 0 Å². The van der Waals surface area contributed by atoms with Crippen molar-refractivity contribution in [3.8, 4) is 0 Å². The second-order valence-corrected chi connectivity index (χ2v) is 6.19. The lowest BCUT2D eigenvalue weighted by Gasteiger charge is -2.22. The van der Waals surface area contributed by atoms with Gasteiger partial charge in [0.1, 0.15) is 11.5 Å². The number of hydrogen-bond acceptors (Lipinski definition) is 5. The third-order valence-electron chi connectivity index (χ3n) is 4.30. The van der Waals surface area contributed by atoms with Gasteiger partial charge >= 0.3 is 0 Å². The second kappa shape index (κ2) is 9.75. The maximum absolute atomic E-state index is 12.0. The predicted molar refractivity (Wildman–Crippen MR) is 107 cm³/mol.